The molecule has 1 N–H and O–H groups in total. The summed E-state index contributed by atoms with van der Waals surface area (Å²) >= 11 is 0. The molecule has 0 radical (unpaired) electrons. The first-order chi connectivity index (χ1) is 7.86. The minimum absolute atomic E-state index is 0.302. The summed E-state index contributed by atoms with van der Waals surface area (Å²) in [6, 6.07) is 6.15. The number of ether oxygens (including phenoxy) is 1. The van der Waals surface area contributed by atoms with E-state index in [0.29, 0.717) is 11.3 Å². The molecule has 1 aromatic rings. The van der Waals surface area contributed by atoms with Gasteiger partial charge in [0.05, 0.1) is 17.9 Å². The van der Waals surface area contributed by atoms with E-state index in [0.717, 1.165) is 0 Å². The van der Waals surface area contributed by atoms with E-state index in [4.69, 9.17) is 0 Å². The fourth-order valence-corrected chi connectivity index (χ4v) is 1.80. The van der Waals surface area contributed by atoms with Crippen molar-refractivity contribution in [2.24, 2.45) is 0 Å². The lowest BCUT2D eigenvalue weighted by molar-refractivity contribution is 0.0601. The summed E-state index contributed by atoms with van der Waals surface area (Å²) in [4.78, 5) is 11.3. The van der Waals surface area contributed by atoms with Gasteiger partial charge in [-0.25, -0.2) is 13.2 Å². The number of sulfonamides is 1. The second-order valence-corrected chi connectivity index (χ2v) is 6.01. The Balaban J connectivity index is 2.98. The first-order valence-corrected chi connectivity index (χ1v) is 6.61. The first kappa shape index (κ1) is 13.5. The molecule has 0 saturated heterocycles. The molecule has 0 unspecified atom stereocenters. The fourth-order valence-electron chi connectivity index (χ4n) is 1.11. The second kappa shape index (κ2) is 5.18. The minimum atomic E-state index is -3.40. The Morgan fingerprint density at radius 3 is 2.53 bits per heavy atom. The first-order valence-electron chi connectivity index (χ1n) is 5.07. The molecule has 0 aliphatic rings. The number of rotatable bonds is 4. The van der Waals surface area contributed by atoms with Crippen molar-refractivity contribution in [1.29, 1.82) is 0 Å². The molecule has 0 bridgehead atoms. The molecule has 6 heteroatoms. The summed E-state index contributed by atoms with van der Waals surface area (Å²) in [5.41, 5.74) is 0.651. The number of carbonyl (C=O) groups is 1. The Morgan fingerprint density at radius 2 is 2.00 bits per heavy atom. The van der Waals surface area contributed by atoms with Crippen LogP contribution in [0.25, 0.3) is 0 Å². The van der Waals surface area contributed by atoms with Crippen molar-refractivity contribution in [3.05, 3.63) is 29.8 Å². The van der Waals surface area contributed by atoms with E-state index in [-0.39, 0.29) is 0 Å². The van der Waals surface area contributed by atoms with Gasteiger partial charge in [0.25, 0.3) is 0 Å². The number of anilines is 1. The predicted molar refractivity (Wildman–Crippen MR) is 65.5 cm³/mol. The highest BCUT2D eigenvalue weighted by Gasteiger charge is 2.16. The largest absolute Gasteiger partial charge is 0.465 e. The fraction of sp³-hybridized carbons (Fsp3) is 0.364. The van der Waals surface area contributed by atoms with Crippen LogP contribution in [0.4, 0.5) is 5.69 Å². The second-order valence-electron chi connectivity index (χ2n) is 3.77. The molecule has 0 aliphatic heterocycles. The molecular formula is C11H15NO4S. The van der Waals surface area contributed by atoms with Crippen LogP contribution in [-0.4, -0.2) is 26.7 Å². The molecule has 17 heavy (non-hydrogen) atoms. The number of nitrogens with one attached hydrogen (secondary N) is 1. The number of hydrogen-bond acceptors (Lipinski definition) is 4. The van der Waals surface area contributed by atoms with Crippen LogP contribution in [0, 0.1) is 0 Å². The van der Waals surface area contributed by atoms with Crippen molar-refractivity contribution in [3.63, 3.8) is 0 Å². The normalized spacial score (nSPS) is 11.3. The summed E-state index contributed by atoms with van der Waals surface area (Å²) < 4.78 is 30.2. The van der Waals surface area contributed by atoms with Gasteiger partial charge < -0.3 is 4.74 Å². The molecule has 5 nitrogen and oxygen atoms in total. The van der Waals surface area contributed by atoms with Crippen LogP contribution < -0.4 is 4.72 Å². The van der Waals surface area contributed by atoms with Crippen LogP contribution in [0.2, 0.25) is 0 Å². The molecule has 0 atom stereocenters. The molecule has 1 rings (SSSR count). The lowest BCUT2D eigenvalue weighted by Crippen LogP contribution is -2.22. The lowest BCUT2D eigenvalue weighted by atomic mass is 10.2. The van der Waals surface area contributed by atoms with Crippen molar-refractivity contribution in [3.8, 4) is 0 Å². The number of hydrogen-bond donors (Lipinski definition) is 1. The zero-order valence-corrected chi connectivity index (χ0v) is 10.7. The topological polar surface area (TPSA) is 72.5 Å². The highest BCUT2D eigenvalue weighted by atomic mass is 32.2. The van der Waals surface area contributed by atoms with Gasteiger partial charge in [-0.05, 0) is 32.0 Å². The van der Waals surface area contributed by atoms with Gasteiger partial charge in [0.15, 0.2) is 0 Å². The molecule has 1 aromatic carbocycles. The highest BCUT2D eigenvalue weighted by molar-refractivity contribution is 7.93. The zero-order chi connectivity index (χ0) is 13.1. The molecule has 0 amide bonds. The summed E-state index contributed by atoms with van der Waals surface area (Å²) in [5.74, 6) is -0.504. The maximum atomic E-state index is 11.6. The van der Waals surface area contributed by atoms with Crippen LogP contribution >= 0.6 is 0 Å². The van der Waals surface area contributed by atoms with E-state index in [2.05, 4.69) is 9.46 Å². The van der Waals surface area contributed by atoms with Gasteiger partial charge in [0.2, 0.25) is 10.0 Å². The standard InChI is InChI=1S/C11H15NO4S/c1-8(2)17(14,15)12-10-6-4-5-9(7-10)11(13)16-3/h4-8,12H,1-3H3. The zero-order valence-electron chi connectivity index (χ0n) is 9.93. The monoisotopic (exact) mass is 257 g/mol. The molecular weight excluding hydrogens is 242 g/mol. The average Bonchev–Trinajstić information content (AvgIpc) is 2.27. The molecule has 0 spiro atoms. The van der Waals surface area contributed by atoms with Crippen LogP contribution in [-0.2, 0) is 14.8 Å². The van der Waals surface area contributed by atoms with E-state index in [1.807, 2.05) is 0 Å². The van der Waals surface area contributed by atoms with Crippen molar-refractivity contribution in [2.75, 3.05) is 11.8 Å². The Labute approximate surface area is 101 Å². The quantitative estimate of drug-likeness (QED) is 0.832. The molecule has 0 fully saturated rings. The third-order valence-corrected chi connectivity index (χ3v) is 3.93. The van der Waals surface area contributed by atoms with Gasteiger partial charge in [0, 0.05) is 5.69 Å². The van der Waals surface area contributed by atoms with E-state index >= 15 is 0 Å². The number of carbonyl (C=O) groups excluding carboxylic acids is 1. The Hall–Kier alpha value is -1.56. The average molecular weight is 257 g/mol. The van der Waals surface area contributed by atoms with Crippen molar-refractivity contribution < 1.29 is 17.9 Å². The molecule has 94 valence electrons. The van der Waals surface area contributed by atoms with Crippen molar-refractivity contribution in [1.82, 2.24) is 0 Å². The van der Waals surface area contributed by atoms with Gasteiger partial charge in [-0.1, -0.05) is 6.07 Å². The molecule has 0 aromatic heterocycles. The molecule has 0 saturated carbocycles. The van der Waals surface area contributed by atoms with Crippen LogP contribution in [0.5, 0.6) is 0 Å². The van der Waals surface area contributed by atoms with Crippen molar-refractivity contribution >= 4 is 21.7 Å². The van der Waals surface area contributed by atoms with Crippen LogP contribution in [0.3, 0.4) is 0 Å². The maximum Gasteiger partial charge on any atom is 0.337 e. The van der Waals surface area contributed by atoms with Gasteiger partial charge in [-0.2, -0.15) is 0 Å². The molecule has 0 heterocycles. The van der Waals surface area contributed by atoms with Gasteiger partial charge >= 0.3 is 5.97 Å². The number of methoxy groups -OCH3 is 1. The van der Waals surface area contributed by atoms with Crippen molar-refractivity contribution in [2.45, 2.75) is 19.1 Å². The van der Waals surface area contributed by atoms with E-state index < -0.39 is 21.2 Å². The van der Waals surface area contributed by atoms with E-state index in [1.54, 1.807) is 32.0 Å². The number of esters is 1. The van der Waals surface area contributed by atoms with Crippen LogP contribution in [0.15, 0.2) is 24.3 Å². The molecule has 0 aliphatic carbocycles. The van der Waals surface area contributed by atoms with Gasteiger partial charge in [-0.15, -0.1) is 0 Å². The summed E-state index contributed by atoms with van der Waals surface area (Å²) in [6.07, 6.45) is 0. The number of benzene rings is 1. The maximum absolute atomic E-state index is 11.6. The smallest absolute Gasteiger partial charge is 0.337 e. The Morgan fingerprint density at radius 1 is 1.35 bits per heavy atom. The lowest BCUT2D eigenvalue weighted by Gasteiger charge is -2.11. The Bertz CT molecular complexity index is 508. The minimum Gasteiger partial charge on any atom is -0.465 e. The SMILES string of the molecule is COC(=O)c1cccc(NS(=O)(=O)C(C)C)c1. The van der Waals surface area contributed by atoms with E-state index in [1.165, 1.54) is 13.2 Å². The highest BCUT2D eigenvalue weighted by Crippen LogP contribution is 2.14. The van der Waals surface area contributed by atoms with Gasteiger partial charge in [0.1, 0.15) is 0 Å². The third kappa shape index (κ3) is 3.45. The van der Waals surface area contributed by atoms with Crippen LogP contribution in [0.1, 0.15) is 24.2 Å². The summed E-state index contributed by atoms with van der Waals surface area (Å²) in [5, 5.41) is -0.538. The van der Waals surface area contributed by atoms with Gasteiger partial charge in [-0.3, -0.25) is 4.72 Å². The summed E-state index contributed by atoms with van der Waals surface area (Å²) in [7, 11) is -2.13. The summed E-state index contributed by atoms with van der Waals surface area (Å²) in [6.45, 7) is 3.15. The van der Waals surface area contributed by atoms with E-state index in [9.17, 15) is 13.2 Å². The third-order valence-electron chi connectivity index (χ3n) is 2.16. The Kier molecular flexibility index (Phi) is 4.11. The predicted octanol–water partition coefficient (Wildman–Crippen LogP) is 1.62.